The highest BCUT2D eigenvalue weighted by atomic mass is 35.5. The maximum atomic E-state index is 7.00. The van der Waals surface area contributed by atoms with Crippen LogP contribution in [0.2, 0.25) is 15.7 Å². The van der Waals surface area contributed by atoms with Crippen LogP contribution in [-0.4, -0.2) is 84.8 Å². The number of morpholine rings is 2. The SMILES string of the molecule is C1COCCN1.CO.Clc1nc(Cl)c2sccc2n1.Clc1nc(N2CCOCC2)c2sccc2n1. The fourth-order valence-corrected chi connectivity index (χ4v) is 5.39. The van der Waals surface area contributed by atoms with Gasteiger partial charge in [0, 0.05) is 33.3 Å². The molecule has 0 unspecified atom stereocenters. The summed E-state index contributed by atoms with van der Waals surface area (Å²) in [4.78, 5) is 18.5. The second kappa shape index (κ2) is 15.0. The van der Waals surface area contributed by atoms with Crippen LogP contribution in [0.15, 0.2) is 22.9 Å². The maximum Gasteiger partial charge on any atom is 0.224 e. The van der Waals surface area contributed by atoms with Crippen molar-refractivity contribution in [2.24, 2.45) is 0 Å². The third-order valence-corrected chi connectivity index (χ3v) is 7.18. The first-order valence-corrected chi connectivity index (χ1v) is 13.5. The van der Waals surface area contributed by atoms with Crippen molar-refractivity contribution in [3.05, 3.63) is 38.6 Å². The van der Waals surface area contributed by atoms with E-state index in [2.05, 4.69) is 30.2 Å². The van der Waals surface area contributed by atoms with Gasteiger partial charge >= 0.3 is 0 Å². The first-order chi connectivity index (χ1) is 17.1. The molecule has 0 saturated carbocycles. The predicted molar refractivity (Wildman–Crippen MR) is 145 cm³/mol. The minimum absolute atomic E-state index is 0.195. The quantitative estimate of drug-likeness (QED) is 0.251. The minimum atomic E-state index is 0.195. The molecular weight excluding hydrogens is 555 g/mol. The molecule has 0 aromatic carbocycles. The number of aromatic nitrogens is 4. The smallest absolute Gasteiger partial charge is 0.224 e. The molecule has 9 nitrogen and oxygen atoms in total. The van der Waals surface area contributed by atoms with Gasteiger partial charge in [0.1, 0.15) is 0 Å². The van der Waals surface area contributed by atoms with Crippen LogP contribution in [0.1, 0.15) is 0 Å². The molecule has 2 fully saturated rings. The highest BCUT2D eigenvalue weighted by Gasteiger charge is 2.17. The van der Waals surface area contributed by atoms with E-state index in [0.29, 0.717) is 10.4 Å². The number of hydrogen-bond donors (Lipinski definition) is 2. The van der Waals surface area contributed by atoms with E-state index in [9.17, 15) is 0 Å². The van der Waals surface area contributed by atoms with Crippen molar-refractivity contribution in [1.82, 2.24) is 25.3 Å². The summed E-state index contributed by atoms with van der Waals surface area (Å²) in [6, 6.07) is 3.83. The molecule has 0 radical (unpaired) electrons. The summed E-state index contributed by atoms with van der Waals surface area (Å²) in [6.45, 7) is 7.05. The van der Waals surface area contributed by atoms with Gasteiger partial charge in [0.2, 0.25) is 10.6 Å². The standard InChI is InChI=1S/C10H10ClN3OS.C6H2Cl2N2S.C4H9NO.CH4O/c11-10-12-7-1-6-16-8(7)9(13-10)14-2-4-15-5-3-14;7-5-4-3(1-2-11-4)9-6(8)10-5;1-3-6-4-2-5-1;1-2/h1,6H,2-5H2;1-2H;5H,1-4H2;2H,1H3. The van der Waals surface area contributed by atoms with E-state index in [1.165, 1.54) is 11.3 Å². The van der Waals surface area contributed by atoms with Crippen LogP contribution in [-0.2, 0) is 9.47 Å². The number of aliphatic hydroxyl groups excluding tert-OH is 1. The van der Waals surface area contributed by atoms with Crippen molar-refractivity contribution in [1.29, 1.82) is 0 Å². The summed E-state index contributed by atoms with van der Waals surface area (Å²) in [5.74, 6) is 0.938. The monoisotopic (exact) mass is 578 g/mol. The van der Waals surface area contributed by atoms with Gasteiger partial charge in [-0.2, -0.15) is 4.98 Å². The van der Waals surface area contributed by atoms with Gasteiger partial charge in [-0.1, -0.05) is 11.6 Å². The Labute approximate surface area is 226 Å². The zero-order chi connectivity index (χ0) is 25.0. The second-order valence-electron chi connectivity index (χ2n) is 6.83. The van der Waals surface area contributed by atoms with E-state index in [4.69, 9.17) is 49.4 Å². The first kappa shape index (κ1) is 28.2. The lowest BCUT2D eigenvalue weighted by molar-refractivity contribution is 0.109. The molecular formula is C21H25Cl3N6O3S2. The average molecular weight is 580 g/mol. The van der Waals surface area contributed by atoms with Crippen LogP contribution in [0.3, 0.4) is 0 Å². The van der Waals surface area contributed by atoms with Gasteiger partial charge in [-0.05, 0) is 46.1 Å². The summed E-state index contributed by atoms with van der Waals surface area (Å²) in [5, 5.41) is 15.0. The van der Waals surface area contributed by atoms with E-state index in [1.807, 2.05) is 22.9 Å². The second-order valence-corrected chi connectivity index (χ2v) is 9.70. The van der Waals surface area contributed by atoms with Gasteiger partial charge in [-0.15, -0.1) is 22.7 Å². The number of aliphatic hydroxyl groups is 1. The van der Waals surface area contributed by atoms with E-state index in [0.717, 1.165) is 86.0 Å². The van der Waals surface area contributed by atoms with Gasteiger partial charge in [0.25, 0.3) is 0 Å². The largest absolute Gasteiger partial charge is 0.400 e. The lowest BCUT2D eigenvalue weighted by atomic mass is 10.3. The zero-order valence-electron chi connectivity index (χ0n) is 18.9. The van der Waals surface area contributed by atoms with E-state index in [1.54, 1.807) is 11.3 Å². The van der Waals surface area contributed by atoms with Crippen LogP contribution in [0.5, 0.6) is 0 Å². The summed E-state index contributed by atoms with van der Waals surface area (Å²) in [7, 11) is 1.00. The Morgan fingerprint density at radius 3 is 1.91 bits per heavy atom. The lowest BCUT2D eigenvalue weighted by Gasteiger charge is -2.28. The minimum Gasteiger partial charge on any atom is -0.400 e. The van der Waals surface area contributed by atoms with Crippen molar-refractivity contribution in [2.75, 3.05) is 64.6 Å². The van der Waals surface area contributed by atoms with Crippen LogP contribution in [0, 0.1) is 0 Å². The van der Waals surface area contributed by atoms with Gasteiger partial charge in [-0.25, -0.2) is 15.0 Å². The predicted octanol–water partition coefficient (Wildman–Crippen LogP) is 4.39. The number of hydrogen-bond acceptors (Lipinski definition) is 11. The fraction of sp³-hybridized carbons (Fsp3) is 0.429. The molecule has 4 aromatic rings. The molecule has 2 aliphatic rings. The summed E-state index contributed by atoms with van der Waals surface area (Å²) in [5.41, 5.74) is 1.73. The number of thiophene rings is 2. The molecule has 0 bridgehead atoms. The van der Waals surface area contributed by atoms with Crippen LogP contribution in [0.25, 0.3) is 20.4 Å². The van der Waals surface area contributed by atoms with Gasteiger partial charge < -0.3 is 24.8 Å². The molecule has 0 spiro atoms. The Kier molecular flexibility index (Phi) is 12.1. The molecule has 0 aliphatic carbocycles. The zero-order valence-corrected chi connectivity index (χ0v) is 22.8. The Hall–Kier alpha value is -1.41. The number of halogens is 3. The van der Waals surface area contributed by atoms with Gasteiger partial charge in [0.05, 0.1) is 46.9 Å². The Balaban J connectivity index is 0.000000156. The third-order valence-electron chi connectivity index (χ3n) is 4.65. The van der Waals surface area contributed by atoms with Crippen LogP contribution >= 0.6 is 57.5 Å². The molecule has 2 aliphatic heterocycles. The fourth-order valence-electron chi connectivity index (χ4n) is 3.13. The van der Waals surface area contributed by atoms with Gasteiger partial charge in [0.15, 0.2) is 11.0 Å². The number of nitrogens with zero attached hydrogens (tertiary/aromatic N) is 5. The number of anilines is 1. The Morgan fingerprint density at radius 2 is 1.34 bits per heavy atom. The topological polar surface area (TPSA) is 106 Å². The number of nitrogens with one attached hydrogen (secondary N) is 1. The number of rotatable bonds is 1. The molecule has 6 heterocycles. The average Bonchev–Trinajstić information content (AvgIpc) is 3.57. The van der Waals surface area contributed by atoms with Crippen molar-refractivity contribution in [2.45, 2.75) is 0 Å². The molecule has 0 amide bonds. The summed E-state index contributed by atoms with van der Waals surface area (Å²) in [6.07, 6.45) is 0. The number of ether oxygens (including phenoxy) is 2. The van der Waals surface area contributed by atoms with Crippen molar-refractivity contribution < 1.29 is 14.6 Å². The number of fused-ring (bicyclic) bond motifs is 2. The Bertz CT molecular complexity index is 1170. The Morgan fingerprint density at radius 1 is 0.800 bits per heavy atom. The highest BCUT2D eigenvalue weighted by Crippen LogP contribution is 2.30. The van der Waals surface area contributed by atoms with Crippen LogP contribution in [0.4, 0.5) is 5.82 Å². The highest BCUT2D eigenvalue weighted by molar-refractivity contribution is 7.18. The summed E-state index contributed by atoms with van der Waals surface area (Å²) < 4.78 is 12.3. The maximum absolute atomic E-state index is 7.00. The van der Waals surface area contributed by atoms with E-state index in [-0.39, 0.29) is 5.28 Å². The molecule has 35 heavy (non-hydrogen) atoms. The molecule has 190 valence electrons. The van der Waals surface area contributed by atoms with E-state index >= 15 is 0 Å². The normalized spacial score (nSPS) is 15.4. The first-order valence-electron chi connectivity index (χ1n) is 10.6. The lowest BCUT2D eigenvalue weighted by Crippen LogP contribution is -2.36. The third kappa shape index (κ3) is 8.31. The molecule has 6 rings (SSSR count). The molecule has 4 aromatic heterocycles. The van der Waals surface area contributed by atoms with Crippen LogP contribution < -0.4 is 10.2 Å². The molecule has 2 N–H and O–H groups in total. The molecule has 2 saturated heterocycles. The van der Waals surface area contributed by atoms with Crippen molar-refractivity contribution >= 4 is 83.7 Å². The van der Waals surface area contributed by atoms with E-state index < -0.39 is 0 Å². The summed E-state index contributed by atoms with van der Waals surface area (Å²) >= 11 is 20.4. The molecule has 0 atom stereocenters. The van der Waals surface area contributed by atoms with Gasteiger partial charge in [-0.3, -0.25) is 0 Å². The van der Waals surface area contributed by atoms with Crippen molar-refractivity contribution in [3.63, 3.8) is 0 Å². The van der Waals surface area contributed by atoms with Crippen molar-refractivity contribution in [3.8, 4) is 0 Å². The molecule has 14 heteroatoms.